The average molecular weight is 272 g/mol. The standard InChI is InChI=1S/C16H24N4/c1-5-6-13-7-9-14(10-8-13)16(18-17)15-11(2)19-20(4)12(15)3/h7-10,16,18H,5-6,17H2,1-4H3. The van der Waals surface area contributed by atoms with Gasteiger partial charge in [-0.1, -0.05) is 37.6 Å². The highest BCUT2D eigenvalue weighted by atomic mass is 15.3. The third-order valence-electron chi connectivity index (χ3n) is 3.87. The fraction of sp³-hybridized carbons (Fsp3) is 0.438. The molecule has 0 radical (unpaired) electrons. The van der Waals surface area contributed by atoms with E-state index < -0.39 is 0 Å². The maximum Gasteiger partial charge on any atom is 0.0746 e. The van der Waals surface area contributed by atoms with Crippen molar-refractivity contribution < 1.29 is 0 Å². The Bertz CT molecular complexity index is 569. The van der Waals surface area contributed by atoms with E-state index in [2.05, 4.69) is 48.6 Å². The molecule has 2 rings (SSSR count). The van der Waals surface area contributed by atoms with Gasteiger partial charge >= 0.3 is 0 Å². The van der Waals surface area contributed by atoms with Crippen LogP contribution in [0.5, 0.6) is 0 Å². The molecule has 0 aliphatic rings. The van der Waals surface area contributed by atoms with Gasteiger partial charge in [-0.05, 0) is 31.4 Å². The quantitative estimate of drug-likeness (QED) is 0.649. The lowest BCUT2D eigenvalue weighted by molar-refractivity contribution is 0.628. The van der Waals surface area contributed by atoms with Gasteiger partial charge in [0.2, 0.25) is 0 Å². The van der Waals surface area contributed by atoms with Crippen molar-refractivity contribution in [2.24, 2.45) is 12.9 Å². The summed E-state index contributed by atoms with van der Waals surface area (Å²) in [5.74, 6) is 5.79. The van der Waals surface area contributed by atoms with Crippen molar-refractivity contribution in [3.05, 3.63) is 52.3 Å². The number of hydrogen-bond acceptors (Lipinski definition) is 3. The summed E-state index contributed by atoms with van der Waals surface area (Å²) in [5, 5.41) is 4.47. The minimum Gasteiger partial charge on any atom is -0.272 e. The smallest absolute Gasteiger partial charge is 0.0746 e. The first-order chi connectivity index (χ1) is 9.58. The lowest BCUT2D eigenvalue weighted by Crippen LogP contribution is -2.29. The van der Waals surface area contributed by atoms with Gasteiger partial charge in [0.25, 0.3) is 0 Å². The van der Waals surface area contributed by atoms with Crippen molar-refractivity contribution in [2.75, 3.05) is 0 Å². The Kier molecular flexibility index (Phi) is 4.57. The maximum absolute atomic E-state index is 5.79. The van der Waals surface area contributed by atoms with Crippen LogP contribution in [0.4, 0.5) is 0 Å². The van der Waals surface area contributed by atoms with E-state index in [1.54, 1.807) is 0 Å². The summed E-state index contributed by atoms with van der Waals surface area (Å²) in [7, 11) is 1.96. The Hall–Kier alpha value is -1.65. The van der Waals surface area contributed by atoms with Crippen LogP contribution in [0.2, 0.25) is 0 Å². The van der Waals surface area contributed by atoms with E-state index in [1.807, 2.05) is 18.7 Å². The van der Waals surface area contributed by atoms with E-state index in [4.69, 9.17) is 5.84 Å². The summed E-state index contributed by atoms with van der Waals surface area (Å²) in [4.78, 5) is 0. The Balaban J connectivity index is 2.36. The van der Waals surface area contributed by atoms with Crippen LogP contribution in [0.15, 0.2) is 24.3 Å². The van der Waals surface area contributed by atoms with Gasteiger partial charge < -0.3 is 0 Å². The van der Waals surface area contributed by atoms with Crippen molar-refractivity contribution in [1.29, 1.82) is 0 Å². The van der Waals surface area contributed by atoms with Gasteiger partial charge in [0.1, 0.15) is 0 Å². The summed E-state index contributed by atoms with van der Waals surface area (Å²) in [6, 6.07) is 8.66. The van der Waals surface area contributed by atoms with Gasteiger partial charge in [0, 0.05) is 18.3 Å². The molecule has 0 aliphatic carbocycles. The van der Waals surface area contributed by atoms with Gasteiger partial charge in [-0.25, -0.2) is 5.43 Å². The number of hydrazine groups is 1. The molecule has 0 saturated heterocycles. The van der Waals surface area contributed by atoms with Gasteiger partial charge in [0.15, 0.2) is 0 Å². The average Bonchev–Trinajstić information content (AvgIpc) is 2.68. The number of nitrogens with one attached hydrogen (secondary N) is 1. The van der Waals surface area contributed by atoms with E-state index in [0.717, 1.165) is 17.8 Å². The first-order valence-electron chi connectivity index (χ1n) is 7.13. The number of benzene rings is 1. The Morgan fingerprint density at radius 2 is 1.90 bits per heavy atom. The number of aryl methyl sites for hydroxylation is 3. The van der Waals surface area contributed by atoms with Crippen LogP contribution in [0.1, 0.15) is 47.5 Å². The first-order valence-corrected chi connectivity index (χ1v) is 7.13. The zero-order valence-corrected chi connectivity index (χ0v) is 12.8. The summed E-state index contributed by atoms with van der Waals surface area (Å²) in [6.45, 7) is 6.30. The van der Waals surface area contributed by atoms with Crippen molar-refractivity contribution in [3.63, 3.8) is 0 Å². The zero-order valence-electron chi connectivity index (χ0n) is 12.8. The summed E-state index contributed by atoms with van der Waals surface area (Å²) in [5.41, 5.74) is 8.79. The zero-order chi connectivity index (χ0) is 14.7. The van der Waals surface area contributed by atoms with Crippen LogP contribution in [-0.4, -0.2) is 9.78 Å². The highest BCUT2D eigenvalue weighted by Gasteiger charge is 2.20. The van der Waals surface area contributed by atoms with Gasteiger partial charge in [0.05, 0.1) is 11.7 Å². The van der Waals surface area contributed by atoms with E-state index in [-0.39, 0.29) is 6.04 Å². The topological polar surface area (TPSA) is 55.9 Å². The molecule has 4 heteroatoms. The number of nitrogens with zero attached hydrogens (tertiary/aromatic N) is 2. The van der Waals surface area contributed by atoms with Crippen LogP contribution in [0.3, 0.4) is 0 Å². The van der Waals surface area contributed by atoms with Crippen molar-refractivity contribution >= 4 is 0 Å². The number of nitrogens with two attached hydrogens (primary N) is 1. The predicted molar refractivity (Wildman–Crippen MR) is 82.3 cm³/mol. The molecule has 108 valence electrons. The second kappa shape index (κ2) is 6.20. The molecule has 1 unspecified atom stereocenters. The normalized spacial score (nSPS) is 12.7. The molecule has 0 spiro atoms. The Morgan fingerprint density at radius 1 is 1.25 bits per heavy atom. The minimum absolute atomic E-state index is 0.0145. The molecule has 1 heterocycles. The molecule has 3 N–H and O–H groups in total. The van der Waals surface area contributed by atoms with Crippen molar-refractivity contribution in [2.45, 2.75) is 39.7 Å². The SMILES string of the molecule is CCCc1ccc(C(NN)c2c(C)nn(C)c2C)cc1. The molecule has 0 amide bonds. The molecule has 2 aromatic rings. The first kappa shape index (κ1) is 14.8. The Labute approximate surface area is 121 Å². The van der Waals surface area contributed by atoms with Crippen LogP contribution in [-0.2, 0) is 13.5 Å². The van der Waals surface area contributed by atoms with E-state index >= 15 is 0 Å². The summed E-state index contributed by atoms with van der Waals surface area (Å²) < 4.78 is 1.90. The fourth-order valence-electron chi connectivity index (χ4n) is 2.72. The van der Waals surface area contributed by atoms with Gasteiger partial charge in [-0.3, -0.25) is 10.5 Å². The second-order valence-corrected chi connectivity index (χ2v) is 5.30. The third-order valence-corrected chi connectivity index (χ3v) is 3.87. The van der Waals surface area contributed by atoms with E-state index in [0.29, 0.717) is 0 Å². The second-order valence-electron chi connectivity index (χ2n) is 5.30. The molecule has 0 saturated carbocycles. The highest BCUT2D eigenvalue weighted by molar-refractivity contribution is 5.38. The molecule has 4 nitrogen and oxygen atoms in total. The van der Waals surface area contributed by atoms with Crippen LogP contribution >= 0.6 is 0 Å². The molecule has 0 fully saturated rings. The molecule has 20 heavy (non-hydrogen) atoms. The van der Waals surface area contributed by atoms with Crippen molar-refractivity contribution in [3.8, 4) is 0 Å². The van der Waals surface area contributed by atoms with Crippen molar-refractivity contribution in [1.82, 2.24) is 15.2 Å². The maximum atomic E-state index is 5.79. The van der Waals surface area contributed by atoms with E-state index in [1.165, 1.54) is 23.1 Å². The summed E-state index contributed by atoms with van der Waals surface area (Å²) in [6.07, 6.45) is 2.28. The monoisotopic (exact) mass is 272 g/mol. The molecular weight excluding hydrogens is 248 g/mol. The highest BCUT2D eigenvalue weighted by Crippen LogP contribution is 2.27. The molecule has 1 aromatic heterocycles. The van der Waals surface area contributed by atoms with Crippen LogP contribution in [0.25, 0.3) is 0 Å². The van der Waals surface area contributed by atoms with E-state index in [9.17, 15) is 0 Å². The molecular formula is C16H24N4. The largest absolute Gasteiger partial charge is 0.272 e. The molecule has 0 aliphatic heterocycles. The van der Waals surface area contributed by atoms with Gasteiger partial charge in [-0.15, -0.1) is 0 Å². The lowest BCUT2D eigenvalue weighted by Gasteiger charge is -2.18. The third kappa shape index (κ3) is 2.76. The number of aromatic nitrogens is 2. The molecule has 0 bridgehead atoms. The molecule has 1 atom stereocenters. The Morgan fingerprint density at radius 3 is 2.35 bits per heavy atom. The van der Waals surface area contributed by atoms with Crippen LogP contribution < -0.4 is 11.3 Å². The van der Waals surface area contributed by atoms with Crippen LogP contribution in [0, 0.1) is 13.8 Å². The minimum atomic E-state index is -0.0145. The fourth-order valence-corrected chi connectivity index (χ4v) is 2.72. The summed E-state index contributed by atoms with van der Waals surface area (Å²) >= 11 is 0. The number of rotatable bonds is 5. The number of hydrogen-bond donors (Lipinski definition) is 2. The van der Waals surface area contributed by atoms with Gasteiger partial charge in [-0.2, -0.15) is 5.10 Å². The molecule has 1 aromatic carbocycles. The predicted octanol–water partition coefficient (Wildman–Crippen LogP) is 2.54. The lowest BCUT2D eigenvalue weighted by atomic mass is 9.96.